The highest BCUT2D eigenvalue weighted by Gasteiger charge is 2.25. The molecule has 2 N–H and O–H groups in total. The van der Waals surface area contributed by atoms with E-state index in [1.54, 1.807) is 10.4 Å². The average molecular weight is 518 g/mol. The zero-order chi connectivity index (χ0) is 26.2. The predicted molar refractivity (Wildman–Crippen MR) is 156 cm³/mol. The first-order chi connectivity index (χ1) is 17.4. The summed E-state index contributed by atoms with van der Waals surface area (Å²) in [5.41, 5.74) is 6.83. The lowest BCUT2D eigenvalue weighted by Gasteiger charge is -2.23. The van der Waals surface area contributed by atoms with Crippen LogP contribution in [0.3, 0.4) is 0 Å². The molecule has 0 aromatic heterocycles. The van der Waals surface area contributed by atoms with Gasteiger partial charge in [0.15, 0.2) is 0 Å². The van der Waals surface area contributed by atoms with Crippen LogP contribution in [0.2, 0.25) is 0 Å². The van der Waals surface area contributed by atoms with Crippen LogP contribution in [-0.4, -0.2) is 46.5 Å². The Morgan fingerprint density at radius 1 is 0.667 bits per heavy atom. The Kier molecular flexibility index (Phi) is 14.4. The highest BCUT2D eigenvalue weighted by Crippen LogP contribution is 2.31. The van der Waals surface area contributed by atoms with E-state index in [1.165, 1.54) is 77.0 Å². The molecule has 2 aromatic rings. The van der Waals surface area contributed by atoms with Crippen molar-refractivity contribution in [3.8, 4) is 0 Å². The monoisotopic (exact) mass is 517 g/mol. The zero-order valence-electron chi connectivity index (χ0n) is 23.2. The molecule has 0 spiro atoms. The van der Waals surface area contributed by atoms with Crippen LogP contribution in [0.25, 0.3) is 10.8 Å². The molecule has 0 saturated carbocycles. The van der Waals surface area contributed by atoms with E-state index >= 15 is 0 Å². The number of sulfonamides is 1. The fourth-order valence-electron chi connectivity index (χ4n) is 5.00. The van der Waals surface area contributed by atoms with Crippen molar-refractivity contribution in [3.63, 3.8) is 0 Å². The van der Waals surface area contributed by atoms with Crippen LogP contribution >= 0.6 is 0 Å². The minimum absolute atomic E-state index is 0.325. The SMILES string of the molecule is CCCCCCCCCCCCCCCCN(CCN)S(=O)(=O)c1cccc2c(N(C)C)cccc12. The molecule has 0 aliphatic rings. The molecule has 2 aromatic carbocycles. The summed E-state index contributed by atoms with van der Waals surface area (Å²) in [5, 5.41) is 1.72. The second-order valence-corrected chi connectivity index (χ2v) is 12.2. The van der Waals surface area contributed by atoms with Gasteiger partial charge in [0, 0.05) is 50.2 Å². The van der Waals surface area contributed by atoms with Gasteiger partial charge in [-0.15, -0.1) is 0 Å². The van der Waals surface area contributed by atoms with Crippen molar-refractivity contribution in [2.24, 2.45) is 5.73 Å². The van der Waals surface area contributed by atoms with Crippen molar-refractivity contribution in [3.05, 3.63) is 36.4 Å². The van der Waals surface area contributed by atoms with E-state index in [1.807, 2.05) is 49.3 Å². The molecule has 0 radical (unpaired) electrons. The summed E-state index contributed by atoms with van der Waals surface area (Å²) in [7, 11) is 0.341. The molecule has 0 saturated heterocycles. The predicted octanol–water partition coefficient (Wildman–Crippen LogP) is 7.34. The van der Waals surface area contributed by atoms with E-state index in [0.717, 1.165) is 29.3 Å². The van der Waals surface area contributed by atoms with Crippen molar-refractivity contribution >= 4 is 26.5 Å². The third-order valence-corrected chi connectivity index (χ3v) is 9.06. The summed E-state index contributed by atoms with van der Waals surface area (Å²) in [5.74, 6) is 0. The van der Waals surface area contributed by atoms with E-state index in [-0.39, 0.29) is 0 Å². The smallest absolute Gasteiger partial charge is 0.243 e. The van der Waals surface area contributed by atoms with Crippen LogP contribution in [0, 0.1) is 0 Å². The van der Waals surface area contributed by atoms with Gasteiger partial charge in [0.05, 0.1) is 4.90 Å². The Morgan fingerprint density at radius 2 is 1.17 bits per heavy atom. The van der Waals surface area contributed by atoms with Gasteiger partial charge >= 0.3 is 0 Å². The topological polar surface area (TPSA) is 66.6 Å². The molecule has 36 heavy (non-hydrogen) atoms. The van der Waals surface area contributed by atoms with Crippen LogP contribution in [0.15, 0.2) is 41.3 Å². The molecule has 0 aliphatic heterocycles. The van der Waals surface area contributed by atoms with E-state index in [4.69, 9.17) is 5.73 Å². The van der Waals surface area contributed by atoms with Crippen LogP contribution in [0.5, 0.6) is 0 Å². The van der Waals surface area contributed by atoms with Crippen molar-refractivity contribution in [2.45, 2.75) is 102 Å². The average Bonchev–Trinajstić information content (AvgIpc) is 2.87. The number of rotatable bonds is 20. The van der Waals surface area contributed by atoms with Gasteiger partial charge < -0.3 is 10.6 Å². The standard InChI is InChI=1S/C30H51N3O2S/c1-4-5-6-7-8-9-10-11-12-13-14-15-16-17-25-33(26-24-31)36(34,35)30-23-19-20-27-28(30)21-18-22-29(27)32(2)3/h18-23H,4-17,24-26,31H2,1-3H3. The molecule has 0 atom stereocenters. The number of unbranched alkanes of at least 4 members (excludes halogenated alkanes) is 13. The van der Waals surface area contributed by atoms with Crippen LogP contribution in [0.1, 0.15) is 96.8 Å². The molecular weight excluding hydrogens is 466 g/mol. The quantitative estimate of drug-likeness (QED) is 0.187. The number of benzene rings is 2. The molecule has 0 aliphatic carbocycles. The lowest BCUT2D eigenvalue weighted by molar-refractivity contribution is 0.403. The van der Waals surface area contributed by atoms with Crippen molar-refractivity contribution in [1.82, 2.24) is 4.31 Å². The van der Waals surface area contributed by atoms with Crippen LogP contribution in [-0.2, 0) is 10.0 Å². The van der Waals surface area contributed by atoms with Crippen molar-refractivity contribution in [2.75, 3.05) is 38.6 Å². The number of nitrogens with zero attached hydrogens (tertiary/aromatic N) is 2. The third kappa shape index (κ3) is 9.68. The number of hydrogen-bond donors (Lipinski definition) is 1. The van der Waals surface area contributed by atoms with Gasteiger partial charge in [-0.05, 0) is 18.6 Å². The van der Waals surface area contributed by atoms with E-state index in [9.17, 15) is 8.42 Å². The van der Waals surface area contributed by atoms with Gasteiger partial charge in [-0.1, -0.05) is 115 Å². The van der Waals surface area contributed by atoms with Crippen LogP contribution < -0.4 is 10.6 Å². The minimum Gasteiger partial charge on any atom is -0.377 e. The lowest BCUT2D eigenvalue weighted by atomic mass is 10.0. The summed E-state index contributed by atoms with van der Waals surface area (Å²) < 4.78 is 28.9. The second-order valence-electron chi connectivity index (χ2n) is 10.3. The molecule has 6 heteroatoms. The van der Waals surface area contributed by atoms with E-state index in [0.29, 0.717) is 24.5 Å². The Balaban J connectivity index is 1.79. The maximum atomic E-state index is 13.6. The van der Waals surface area contributed by atoms with Gasteiger partial charge in [-0.3, -0.25) is 0 Å². The highest BCUT2D eigenvalue weighted by molar-refractivity contribution is 7.89. The second kappa shape index (κ2) is 17.0. The first-order valence-corrected chi connectivity index (χ1v) is 15.8. The number of anilines is 1. The first kappa shape index (κ1) is 30.6. The third-order valence-electron chi connectivity index (χ3n) is 7.10. The number of fused-ring (bicyclic) bond motifs is 1. The Labute approximate surface area is 221 Å². The van der Waals surface area contributed by atoms with Crippen molar-refractivity contribution in [1.29, 1.82) is 0 Å². The molecule has 2 rings (SSSR count). The Hall–Kier alpha value is -1.63. The van der Waals surface area contributed by atoms with Crippen molar-refractivity contribution < 1.29 is 8.42 Å². The van der Waals surface area contributed by atoms with E-state index < -0.39 is 10.0 Å². The summed E-state index contributed by atoms with van der Waals surface area (Å²) in [6, 6.07) is 11.4. The summed E-state index contributed by atoms with van der Waals surface area (Å²) in [6.07, 6.45) is 18.0. The summed E-state index contributed by atoms with van der Waals surface area (Å²) in [6.45, 7) is 3.47. The molecule has 0 bridgehead atoms. The van der Waals surface area contributed by atoms with Gasteiger partial charge in [-0.25, -0.2) is 8.42 Å². The normalized spacial score (nSPS) is 12.0. The van der Waals surface area contributed by atoms with Gasteiger partial charge in [0.2, 0.25) is 10.0 Å². The summed E-state index contributed by atoms with van der Waals surface area (Å²) in [4.78, 5) is 2.40. The molecule has 0 amide bonds. The molecule has 5 nitrogen and oxygen atoms in total. The Morgan fingerprint density at radius 3 is 1.69 bits per heavy atom. The maximum Gasteiger partial charge on any atom is 0.243 e. The molecule has 204 valence electrons. The van der Waals surface area contributed by atoms with Crippen LogP contribution in [0.4, 0.5) is 5.69 Å². The number of nitrogens with two attached hydrogens (primary N) is 1. The van der Waals surface area contributed by atoms with E-state index in [2.05, 4.69) is 6.92 Å². The van der Waals surface area contributed by atoms with Gasteiger partial charge in [-0.2, -0.15) is 4.31 Å². The molecule has 0 unspecified atom stereocenters. The minimum atomic E-state index is -3.62. The fourth-order valence-corrected chi connectivity index (χ4v) is 6.70. The highest BCUT2D eigenvalue weighted by atomic mass is 32.2. The summed E-state index contributed by atoms with van der Waals surface area (Å²) >= 11 is 0. The fraction of sp³-hybridized carbons (Fsp3) is 0.667. The largest absolute Gasteiger partial charge is 0.377 e. The Bertz CT molecular complexity index is 975. The molecule has 0 heterocycles. The maximum absolute atomic E-state index is 13.6. The molecular formula is C30H51N3O2S. The zero-order valence-corrected chi connectivity index (χ0v) is 24.0. The van der Waals surface area contributed by atoms with Gasteiger partial charge in [0.25, 0.3) is 0 Å². The number of hydrogen-bond acceptors (Lipinski definition) is 4. The van der Waals surface area contributed by atoms with Gasteiger partial charge in [0.1, 0.15) is 0 Å². The molecule has 0 fully saturated rings. The lowest BCUT2D eigenvalue weighted by Crippen LogP contribution is -2.36. The first-order valence-electron chi connectivity index (χ1n) is 14.3.